The van der Waals surface area contributed by atoms with Crippen LogP contribution in [0.5, 0.6) is 5.75 Å². The highest BCUT2D eigenvalue weighted by Gasteiger charge is 2.39. The lowest BCUT2D eigenvalue weighted by Crippen LogP contribution is -2.49. The Morgan fingerprint density at radius 2 is 2.12 bits per heavy atom. The van der Waals surface area contributed by atoms with Crippen molar-refractivity contribution in [1.82, 2.24) is 4.90 Å². The second-order valence-corrected chi connectivity index (χ2v) is 7.56. The van der Waals surface area contributed by atoms with Gasteiger partial charge in [-0.2, -0.15) is 0 Å². The molecule has 132 valence electrons. The highest BCUT2D eigenvalue weighted by molar-refractivity contribution is 5.96. The monoisotopic (exact) mass is 346 g/mol. The van der Waals surface area contributed by atoms with Crippen LogP contribution in [0.3, 0.4) is 0 Å². The molecule has 4 nitrogen and oxygen atoms in total. The molecule has 0 spiro atoms. The molecule has 2 atom stereocenters. The average molecular weight is 346 g/mol. The number of carbonyl (C=O) groups is 1. The van der Waals surface area contributed by atoms with E-state index in [0.29, 0.717) is 11.7 Å². The molecule has 1 saturated heterocycles. The number of nitrogens with zero attached hydrogens (tertiary/aromatic N) is 2. The van der Waals surface area contributed by atoms with Crippen LogP contribution < -0.4 is 0 Å². The minimum Gasteiger partial charge on any atom is -0.508 e. The number of rotatable bonds is 1. The number of carbonyl (C=O) groups excluding carboxylic acids is 1. The average Bonchev–Trinajstić information content (AvgIpc) is 3.15. The van der Waals surface area contributed by atoms with Gasteiger partial charge in [0, 0.05) is 36.7 Å². The molecule has 3 aliphatic rings. The summed E-state index contributed by atoms with van der Waals surface area (Å²) in [4.78, 5) is 19.7. The molecule has 0 bridgehead atoms. The standard InChI is InChI=1S/C22H22N2O2/c25-21-5-1-3-16-17-4-2-12-24(20(17)9-8-18(16)21)22(26)15-7-6-14-10-11-23-19(14)13-15/h1,3,5-7,11,13,17,20,25H,2,4,8-10,12H2/t17?,20-/m0/s1. The molecular weight excluding hydrogens is 324 g/mol. The van der Waals surface area contributed by atoms with Crippen molar-refractivity contribution in [3.8, 4) is 5.75 Å². The van der Waals surface area contributed by atoms with Gasteiger partial charge in [0.2, 0.25) is 0 Å². The summed E-state index contributed by atoms with van der Waals surface area (Å²) in [6.45, 7) is 0.814. The predicted molar refractivity (Wildman–Crippen MR) is 102 cm³/mol. The van der Waals surface area contributed by atoms with Crippen molar-refractivity contribution >= 4 is 17.8 Å². The number of phenolic OH excluding ortho intramolecular Hbond substituents is 1. The van der Waals surface area contributed by atoms with Crippen molar-refractivity contribution in [3.05, 3.63) is 58.7 Å². The molecule has 4 heteroatoms. The van der Waals surface area contributed by atoms with Crippen molar-refractivity contribution in [2.75, 3.05) is 6.54 Å². The number of fused-ring (bicyclic) bond motifs is 4. The van der Waals surface area contributed by atoms with Gasteiger partial charge in [-0.3, -0.25) is 9.79 Å². The zero-order chi connectivity index (χ0) is 17.7. The van der Waals surface area contributed by atoms with Crippen molar-refractivity contribution < 1.29 is 9.90 Å². The molecule has 0 aromatic heterocycles. The number of aliphatic imine (C=N–C) groups is 1. The van der Waals surface area contributed by atoms with Crippen LogP contribution in [-0.4, -0.2) is 34.7 Å². The summed E-state index contributed by atoms with van der Waals surface area (Å²) < 4.78 is 0. The number of piperidine rings is 1. The lowest BCUT2D eigenvalue weighted by Gasteiger charge is -2.45. The topological polar surface area (TPSA) is 52.9 Å². The first-order chi connectivity index (χ1) is 12.7. The number of benzene rings is 2. The molecule has 0 radical (unpaired) electrons. The Hall–Kier alpha value is -2.62. The van der Waals surface area contributed by atoms with Gasteiger partial charge in [0.1, 0.15) is 5.75 Å². The maximum Gasteiger partial charge on any atom is 0.254 e. The SMILES string of the molecule is O=C(c1ccc2c(c1)N=CC2)N1CCCC2c3cccc(O)c3CC[C@@H]21. The van der Waals surface area contributed by atoms with Gasteiger partial charge in [-0.25, -0.2) is 0 Å². The van der Waals surface area contributed by atoms with Crippen LogP contribution >= 0.6 is 0 Å². The summed E-state index contributed by atoms with van der Waals surface area (Å²) >= 11 is 0. The normalized spacial score (nSPS) is 23.3. The molecular formula is C22H22N2O2. The van der Waals surface area contributed by atoms with Gasteiger partial charge in [-0.1, -0.05) is 18.2 Å². The summed E-state index contributed by atoms with van der Waals surface area (Å²) in [7, 11) is 0. The highest BCUT2D eigenvalue weighted by atomic mass is 16.3. The molecule has 1 N–H and O–H groups in total. The Balaban J connectivity index is 1.47. The van der Waals surface area contributed by atoms with E-state index in [-0.39, 0.29) is 11.9 Å². The van der Waals surface area contributed by atoms with Crippen LogP contribution in [0.2, 0.25) is 0 Å². The largest absolute Gasteiger partial charge is 0.508 e. The van der Waals surface area contributed by atoms with E-state index < -0.39 is 0 Å². The van der Waals surface area contributed by atoms with Crippen molar-refractivity contribution in [2.45, 2.75) is 44.1 Å². The number of phenols is 1. The Bertz CT molecular complexity index is 918. The van der Waals surface area contributed by atoms with Crippen molar-refractivity contribution in [3.63, 3.8) is 0 Å². The van der Waals surface area contributed by atoms with Gasteiger partial charge >= 0.3 is 0 Å². The van der Waals surface area contributed by atoms with Crippen molar-refractivity contribution in [2.24, 2.45) is 4.99 Å². The first kappa shape index (κ1) is 15.6. The number of hydrogen-bond donors (Lipinski definition) is 1. The number of likely N-dealkylation sites (tertiary alicyclic amines) is 1. The summed E-state index contributed by atoms with van der Waals surface area (Å²) in [5, 5.41) is 10.2. The summed E-state index contributed by atoms with van der Waals surface area (Å²) in [6.07, 6.45) is 6.61. The van der Waals surface area contributed by atoms with E-state index in [2.05, 4.69) is 16.0 Å². The van der Waals surface area contributed by atoms with E-state index in [1.165, 1.54) is 11.1 Å². The van der Waals surface area contributed by atoms with E-state index in [4.69, 9.17) is 0 Å². The first-order valence-corrected chi connectivity index (χ1v) is 9.49. The summed E-state index contributed by atoms with van der Waals surface area (Å²) in [5.74, 6) is 0.852. The van der Waals surface area contributed by atoms with E-state index in [1.54, 1.807) is 6.07 Å². The van der Waals surface area contributed by atoms with Crippen LogP contribution in [0.1, 0.15) is 52.2 Å². The number of hydrogen-bond acceptors (Lipinski definition) is 3. The van der Waals surface area contributed by atoms with Gasteiger partial charge < -0.3 is 10.0 Å². The molecule has 2 heterocycles. The quantitative estimate of drug-likeness (QED) is 0.849. The summed E-state index contributed by atoms with van der Waals surface area (Å²) in [6, 6.07) is 12.0. The predicted octanol–water partition coefficient (Wildman–Crippen LogP) is 3.99. The molecule has 1 amide bonds. The fourth-order valence-electron chi connectivity index (χ4n) is 4.93. The van der Waals surface area contributed by atoms with Crippen LogP contribution in [0.25, 0.3) is 0 Å². The molecule has 2 aliphatic heterocycles. The Morgan fingerprint density at radius 1 is 1.19 bits per heavy atom. The van der Waals surface area contributed by atoms with Crippen LogP contribution in [0.15, 0.2) is 41.4 Å². The molecule has 1 fully saturated rings. The van der Waals surface area contributed by atoms with Gasteiger partial charge in [0.15, 0.2) is 0 Å². The second-order valence-electron chi connectivity index (χ2n) is 7.56. The number of amides is 1. The third-order valence-corrected chi connectivity index (χ3v) is 6.19. The van der Waals surface area contributed by atoms with E-state index in [0.717, 1.165) is 55.5 Å². The second kappa shape index (κ2) is 5.97. The third-order valence-electron chi connectivity index (χ3n) is 6.19. The minimum atomic E-state index is 0.119. The van der Waals surface area contributed by atoms with E-state index in [9.17, 15) is 9.90 Å². The van der Waals surface area contributed by atoms with Crippen LogP contribution in [-0.2, 0) is 12.8 Å². The minimum absolute atomic E-state index is 0.119. The Kier molecular flexibility index (Phi) is 3.59. The van der Waals surface area contributed by atoms with E-state index >= 15 is 0 Å². The highest BCUT2D eigenvalue weighted by Crippen LogP contribution is 2.43. The van der Waals surface area contributed by atoms with Gasteiger partial charge in [0.25, 0.3) is 5.91 Å². The summed E-state index contributed by atoms with van der Waals surface area (Å²) in [5.41, 5.74) is 5.18. The smallest absolute Gasteiger partial charge is 0.254 e. The van der Waals surface area contributed by atoms with Gasteiger partial charge in [-0.05, 0) is 60.6 Å². The van der Waals surface area contributed by atoms with Crippen LogP contribution in [0, 0.1) is 0 Å². The fourth-order valence-corrected chi connectivity index (χ4v) is 4.93. The third kappa shape index (κ3) is 2.36. The maximum atomic E-state index is 13.3. The number of aromatic hydroxyl groups is 1. The van der Waals surface area contributed by atoms with E-state index in [1.807, 2.05) is 30.5 Å². The molecule has 1 aliphatic carbocycles. The zero-order valence-electron chi connectivity index (χ0n) is 14.7. The molecule has 2 aromatic rings. The van der Waals surface area contributed by atoms with Gasteiger partial charge in [0.05, 0.1) is 5.69 Å². The molecule has 26 heavy (non-hydrogen) atoms. The molecule has 0 saturated carbocycles. The lowest BCUT2D eigenvalue weighted by molar-refractivity contribution is 0.0546. The van der Waals surface area contributed by atoms with Crippen LogP contribution in [0.4, 0.5) is 5.69 Å². The maximum absolute atomic E-state index is 13.3. The molecule has 5 rings (SSSR count). The zero-order valence-corrected chi connectivity index (χ0v) is 14.7. The van der Waals surface area contributed by atoms with Gasteiger partial charge in [-0.15, -0.1) is 0 Å². The Labute approximate surface area is 153 Å². The fraction of sp³-hybridized carbons (Fsp3) is 0.364. The van der Waals surface area contributed by atoms with Crippen molar-refractivity contribution in [1.29, 1.82) is 0 Å². The molecule has 1 unspecified atom stereocenters. The lowest BCUT2D eigenvalue weighted by atomic mass is 9.74. The Morgan fingerprint density at radius 3 is 3.04 bits per heavy atom. The molecule has 2 aromatic carbocycles. The first-order valence-electron chi connectivity index (χ1n) is 9.49.